The zero-order valence-corrected chi connectivity index (χ0v) is 10.4. The topological polar surface area (TPSA) is 56.3 Å². The van der Waals surface area contributed by atoms with Crippen molar-refractivity contribution in [3.05, 3.63) is 35.2 Å². The molecule has 6 heteroatoms. The number of aromatic nitrogens is 2. The predicted octanol–water partition coefficient (Wildman–Crippen LogP) is 2.86. The third kappa shape index (κ3) is 1.82. The van der Waals surface area contributed by atoms with Crippen LogP contribution in [-0.4, -0.2) is 17.1 Å². The Balaban J connectivity index is 2.07. The van der Waals surface area contributed by atoms with Gasteiger partial charge in [-0.1, -0.05) is 11.6 Å². The van der Waals surface area contributed by atoms with Crippen molar-refractivity contribution in [2.24, 2.45) is 0 Å². The third-order valence-corrected chi connectivity index (χ3v) is 2.99. The quantitative estimate of drug-likeness (QED) is 0.802. The van der Waals surface area contributed by atoms with Crippen molar-refractivity contribution < 1.29 is 9.47 Å². The van der Waals surface area contributed by atoms with Crippen LogP contribution in [0.4, 0.5) is 5.69 Å². The normalized spacial score (nSPS) is 12.6. The van der Waals surface area contributed by atoms with Crippen molar-refractivity contribution in [1.29, 1.82) is 0 Å². The highest BCUT2D eigenvalue weighted by Gasteiger charge is 2.18. The molecule has 18 heavy (non-hydrogen) atoms. The number of hydrogen-bond donors (Lipinski definition) is 1. The molecule has 0 saturated heterocycles. The number of fused-ring (bicyclic) bond motifs is 2. The highest BCUT2D eigenvalue weighted by atomic mass is 35.5. The lowest BCUT2D eigenvalue weighted by Crippen LogP contribution is -1.99. The molecule has 0 atom stereocenters. The summed E-state index contributed by atoms with van der Waals surface area (Å²) in [7, 11) is 1.61. The summed E-state index contributed by atoms with van der Waals surface area (Å²) in [4.78, 5) is 7.99. The summed E-state index contributed by atoms with van der Waals surface area (Å²) in [6.45, 7) is 0.597. The Morgan fingerprint density at radius 2 is 2.28 bits per heavy atom. The number of rotatable bonds is 1. The molecule has 92 valence electrons. The number of nitrogens with one attached hydrogen (secondary N) is 1. The molecule has 5 nitrogen and oxygen atoms in total. The second kappa shape index (κ2) is 4.34. The maximum Gasteiger partial charge on any atom is 0.247 e. The molecule has 0 unspecified atom stereocenters. The Morgan fingerprint density at radius 1 is 1.39 bits per heavy atom. The number of ether oxygens (including phenoxy) is 2. The predicted molar refractivity (Wildman–Crippen MR) is 67.4 cm³/mol. The van der Waals surface area contributed by atoms with Crippen LogP contribution in [0, 0.1) is 0 Å². The van der Waals surface area contributed by atoms with E-state index >= 15 is 0 Å². The van der Waals surface area contributed by atoms with Crippen LogP contribution in [0.3, 0.4) is 0 Å². The summed E-state index contributed by atoms with van der Waals surface area (Å²) in [5, 5.41) is 3.51. The van der Waals surface area contributed by atoms with E-state index in [2.05, 4.69) is 15.3 Å². The summed E-state index contributed by atoms with van der Waals surface area (Å²) in [5.41, 5.74) is 1.61. The number of hydrogen-bond acceptors (Lipinski definition) is 5. The van der Waals surface area contributed by atoms with Gasteiger partial charge in [-0.2, -0.15) is 4.98 Å². The Bertz CT molecular complexity index is 604. The minimum atomic E-state index is 0.347. The van der Waals surface area contributed by atoms with Crippen LogP contribution < -0.4 is 14.8 Å². The number of halogens is 1. The maximum atomic E-state index is 6.00. The molecule has 1 aliphatic heterocycles. The second-order valence-electron chi connectivity index (χ2n) is 3.77. The molecular formula is C12H10ClN3O2. The molecule has 1 aromatic heterocycles. The molecule has 0 radical (unpaired) electrons. The fraction of sp³-hybridized carbons (Fsp3) is 0.167. The molecule has 0 amide bonds. The molecular weight excluding hydrogens is 254 g/mol. The third-order valence-electron chi connectivity index (χ3n) is 2.70. The van der Waals surface area contributed by atoms with Crippen LogP contribution in [-0.2, 0) is 6.54 Å². The summed E-state index contributed by atoms with van der Waals surface area (Å²) in [5.74, 6) is 1.86. The van der Waals surface area contributed by atoms with E-state index in [0.717, 1.165) is 11.3 Å². The smallest absolute Gasteiger partial charge is 0.247 e. The van der Waals surface area contributed by atoms with Gasteiger partial charge in [0.25, 0.3) is 0 Å². The van der Waals surface area contributed by atoms with E-state index < -0.39 is 0 Å². The van der Waals surface area contributed by atoms with Crippen molar-refractivity contribution in [2.45, 2.75) is 6.54 Å². The van der Waals surface area contributed by atoms with Gasteiger partial charge in [0.05, 0.1) is 7.11 Å². The Labute approximate surface area is 109 Å². The fourth-order valence-electron chi connectivity index (χ4n) is 1.77. The van der Waals surface area contributed by atoms with Gasteiger partial charge in [0.1, 0.15) is 23.5 Å². The van der Waals surface area contributed by atoms with Gasteiger partial charge in [0.15, 0.2) is 5.15 Å². The molecule has 0 spiro atoms. The minimum Gasteiger partial charge on any atom is -0.497 e. The van der Waals surface area contributed by atoms with Gasteiger partial charge in [-0.05, 0) is 12.1 Å². The SMILES string of the molecule is COc1ccc2c(c1)Oc1ncnc(Cl)c1NC2. The van der Waals surface area contributed by atoms with Crippen LogP contribution in [0.25, 0.3) is 0 Å². The highest BCUT2D eigenvalue weighted by molar-refractivity contribution is 6.32. The van der Waals surface area contributed by atoms with Crippen LogP contribution in [0.1, 0.15) is 5.56 Å². The van der Waals surface area contributed by atoms with Gasteiger partial charge in [0, 0.05) is 18.2 Å². The summed E-state index contributed by atoms with van der Waals surface area (Å²) < 4.78 is 10.9. The first kappa shape index (κ1) is 11.1. The van der Waals surface area contributed by atoms with Gasteiger partial charge in [-0.15, -0.1) is 0 Å². The van der Waals surface area contributed by atoms with E-state index in [0.29, 0.717) is 29.0 Å². The molecule has 1 aliphatic rings. The number of nitrogens with zero attached hydrogens (tertiary/aromatic N) is 2. The number of benzene rings is 1. The molecule has 0 fully saturated rings. The first-order valence-electron chi connectivity index (χ1n) is 5.37. The van der Waals surface area contributed by atoms with Gasteiger partial charge >= 0.3 is 0 Å². The van der Waals surface area contributed by atoms with E-state index in [4.69, 9.17) is 21.1 Å². The Kier molecular flexibility index (Phi) is 2.68. The van der Waals surface area contributed by atoms with Gasteiger partial charge in [0.2, 0.25) is 5.88 Å². The van der Waals surface area contributed by atoms with E-state index in [9.17, 15) is 0 Å². The largest absolute Gasteiger partial charge is 0.497 e. The molecule has 2 heterocycles. The van der Waals surface area contributed by atoms with Gasteiger partial charge in [-0.25, -0.2) is 4.98 Å². The van der Waals surface area contributed by atoms with Crippen molar-refractivity contribution >= 4 is 17.3 Å². The highest BCUT2D eigenvalue weighted by Crippen LogP contribution is 2.38. The number of methoxy groups -OCH3 is 1. The molecule has 2 aromatic rings. The van der Waals surface area contributed by atoms with Crippen molar-refractivity contribution in [2.75, 3.05) is 12.4 Å². The van der Waals surface area contributed by atoms with E-state index in [1.165, 1.54) is 6.33 Å². The minimum absolute atomic E-state index is 0.347. The van der Waals surface area contributed by atoms with Gasteiger partial charge in [-0.3, -0.25) is 0 Å². The monoisotopic (exact) mass is 263 g/mol. The molecule has 3 rings (SSSR count). The summed E-state index contributed by atoms with van der Waals surface area (Å²) in [6, 6.07) is 5.64. The van der Waals surface area contributed by atoms with Crippen LogP contribution in [0.5, 0.6) is 17.4 Å². The molecule has 0 saturated carbocycles. The molecule has 0 aliphatic carbocycles. The molecule has 1 N–H and O–H groups in total. The standard InChI is InChI=1S/C12H10ClN3O2/c1-17-8-3-2-7-5-14-10-11(13)15-6-16-12(10)18-9(7)4-8/h2-4,6,14H,5H2,1H3. The summed E-state index contributed by atoms with van der Waals surface area (Å²) in [6.07, 6.45) is 1.37. The van der Waals surface area contributed by atoms with E-state index in [1.807, 2.05) is 18.2 Å². The second-order valence-corrected chi connectivity index (χ2v) is 4.13. The van der Waals surface area contributed by atoms with Crippen molar-refractivity contribution in [3.63, 3.8) is 0 Å². The average molecular weight is 264 g/mol. The number of anilines is 1. The lowest BCUT2D eigenvalue weighted by molar-refractivity contribution is 0.407. The van der Waals surface area contributed by atoms with E-state index in [1.54, 1.807) is 7.11 Å². The van der Waals surface area contributed by atoms with Gasteiger partial charge < -0.3 is 14.8 Å². The Hall–Kier alpha value is -2.01. The summed E-state index contributed by atoms with van der Waals surface area (Å²) >= 11 is 6.00. The van der Waals surface area contributed by atoms with Crippen LogP contribution in [0.2, 0.25) is 5.15 Å². The molecule has 1 aromatic carbocycles. The zero-order valence-electron chi connectivity index (χ0n) is 9.61. The van der Waals surface area contributed by atoms with E-state index in [-0.39, 0.29) is 0 Å². The zero-order chi connectivity index (χ0) is 12.5. The Morgan fingerprint density at radius 3 is 3.11 bits per heavy atom. The lowest BCUT2D eigenvalue weighted by atomic mass is 10.2. The van der Waals surface area contributed by atoms with Crippen molar-refractivity contribution in [3.8, 4) is 17.4 Å². The average Bonchev–Trinajstić information content (AvgIpc) is 2.57. The van der Waals surface area contributed by atoms with Crippen LogP contribution >= 0.6 is 11.6 Å². The maximum absolute atomic E-state index is 6.00. The fourth-order valence-corrected chi connectivity index (χ4v) is 1.96. The van der Waals surface area contributed by atoms with Crippen LogP contribution in [0.15, 0.2) is 24.5 Å². The first-order valence-corrected chi connectivity index (χ1v) is 5.75. The molecule has 0 bridgehead atoms. The van der Waals surface area contributed by atoms with Crippen molar-refractivity contribution in [1.82, 2.24) is 9.97 Å². The first-order chi connectivity index (χ1) is 8.78. The lowest BCUT2D eigenvalue weighted by Gasteiger charge is -2.08.